The topological polar surface area (TPSA) is 69.7 Å². The zero-order chi connectivity index (χ0) is 18.2. The van der Waals surface area contributed by atoms with Crippen molar-refractivity contribution < 1.29 is 13.2 Å². The molecule has 138 valence electrons. The Morgan fingerprint density at radius 1 is 1.28 bits per heavy atom. The zero-order valence-corrected chi connectivity index (χ0v) is 15.9. The fourth-order valence-electron chi connectivity index (χ4n) is 3.48. The molecule has 2 amide bonds. The third-order valence-corrected chi connectivity index (χ3v) is 6.47. The summed E-state index contributed by atoms with van der Waals surface area (Å²) in [6, 6.07) is 8.02. The number of benzene rings is 1. The third kappa shape index (κ3) is 4.33. The molecule has 3 rings (SSSR count). The van der Waals surface area contributed by atoms with E-state index in [0.717, 1.165) is 5.56 Å². The predicted molar refractivity (Wildman–Crippen MR) is 97.9 cm³/mol. The number of piperazine rings is 1. The molecule has 1 aromatic rings. The minimum atomic E-state index is -3.22. The number of amides is 2. The highest BCUT2D eigenvalue weighted by Crippen LogP contribution is 2.40. The molecule has 2 atom stereocenters. The van der Waals surface area contributed by atoms with Gasteiger partial charge >= 0.3 is 6.03 Å². The Bertz CT molecular complexity index is 746. The second kappa shape index (κ2) is 6.96. The van der Waals surface area contributed by atoms with Crippen molar-refractivity contribution in [1.29, 1.82) is 0 Å². The number of hydrogen-bond donors (Lipinski definition) is 1. The number of hydrogen-bond acceptors (Lipinski definition) is 3. The molecular formula is C18H27N3O3S. The molecule has 1 heterocycles. The first kappa shape index (κ1) is 18.2. The van der Waals surface area contributed by atoms with E-state index < -0.39 is 10.0 Å². The molecule has 2 fully saturated rings. The van der Waals surface area contributed by atoms with Crippen molar-refractivity contribution >= 4 is 16.1 Å². The van der Waals surface area contributed by atoms with Crippen LogP contribution in [0, 0.1) is 0 Å². The lowest BCUT2D eigenvalue weighted by Gasteiger charge is -2.38. The molecule has 0 spiro atoms. The summed E-state index contributed by atoms with van der Waals surface area (Å²) in [5, 5.41) is 3.05. The van der Waals surface area contributed by atoms with Gasteiger partial charge in [0.15, 0.2) is 0 Å². The standard InChI is InChI=1S/C18H27N3O3S/c1-13-12-20(9-10-21(13)25(3,23)24)18(22)19-14(2)16-5-4-6-17(11-16)15-7-8-15/h4-6,11,13-15H,7-10,12H2,1-3H3,(H,19,22)/t13-,14?/m0/s1. The quantitative estimate of drug-likeness (QED) is 0.890. The second-order valence-corrected chi connectivity index (χ2v) is 9.22. The lowest BCUT2D eigenvalue weighted by Crippen LogP contribution is -2.57. The summed E-state index contributed by atoms with van der Waals surface area (Å²) in [5.74, 6) is 0.688. The minimum absolute atomic E-state index is 0.0746. The number of urea groups is 1. The normalized spacial score (nSPS) is 23.3. The number of sulfonamides is 1. The van der Waals surface area contributed by atoms with Crippen LogP contribution in [-0.2, 0) is 10.0 Å². The summed E-state index contributed by atoms with van der Waals surface area (Å²) in [5.41, 5.74) is 2.47. The van der Waals surface area contributed by atoms with Crippen LogP contribution < -0.4 is 5.32 Å². The van der Waals surface area contributed by atoms with Gasteiger partial charge < -0.3 is 10.2 Å². The maximum Gasteiger partial charge on any atom is 0.317 e. The van der Waals surface area contributed by atoms with Gasteiger partial charge in [-0.05, 0) is 43.7 Å². The smallest absolute Gasteiger partial charge is 0.317 e. The highest BCUT2D eigenvalue weighted by molar-refractivity contribution is 7.88. The molecule has 1 aliphatic carbocycles. The molecule has 0 bridgehead atoms. The molecule has 1 aliphatic heterocycles. The summed E-state index contributed by atoms with van der Waals surface area (Å²) in [6.45, 7) is 4.99. The average Bonchev–Trinajstić information content (AvgIpc) is 3.38. The molecule has 6 nitrogen and oxygen atoms in total. The number of carbonyl (C=O) groups excluding carboxylic acids is 1. The van der Waals surface area contributed by atoms with Gasteiger partial charge in [0, 0.05) is 25.7 Å². The Hall–Kier alpha value is -1.60. The Morgan fingerprint density at radius 2 is 2.00 bits per heavy atom. The Balaban J connectivity index is 1.60. The van der Waals surface area contributed by atoms with Crippen molar-refractivity contribution in [2.24, 2.45) is 0 Å². The van der Waals surface area contributed by atoms with Crippen molar-refractivity contribution in [3.05, 3.63) is 35.4 Å². The number of carbonyl (C=O) groups is 1. The monoisotopic (exact) mass is 365 g/mol. The van der Waals surface area contributed by atoms with Crippen LogP contribution in [-0.4, -0.2) is 55.6 Å². The van der Waals surface area contributed by atoms with Crippen molar-refractivity contribution in [3.63, 3.8) is 0 Å². The Morgan fingerprint density at radius 3 is 2.60 bits per heavy atom. The molecule has 7 heteroatoms. The van der Waals surface area contributed by atoms with Crippen LogP contribution >= 0.6 is 0 Å². The van der Waals surface area contributed by atoms with E-state index in [1.807, 2.05) is 19.9 Å². The van der Waals surface area contributed by atoms with E-state index in [9.17, 15) is 13.2 Å². The zero-order valence-electron chi connectivity index (χ0n) is 15.1. The van der Waals surface area contributed by atoms with E-state index in [1.54, 1.807) is 4.90 Å². The summed E-state index contributed by atoms with van der Waals surface area (Å²) in [4.78, 5) is 14.3. The largest absolute Gasteiger partial charge is 0.331 e. The van der Waals surface area contributed by atoms with Crippen molar-refractivity contribution in [3.8, 4) is 0 Å². The number of nitrogens with zero attached hydrogens (tertiary/aromatic N) is 2. The summed E-state index contributed by atoms with van der Waals surface area (Å²) in [7, 11) is -3.22. The van der Waals surface area contributed by atoms with Gasteiger partial charge in [-0.2, -0.15) is 4.31 Å². The molecule has 1 saturated carbocycles. The van der Waals surface area contributed by atoms with Gasteiger partial charge in [-0.15, -0.1) is 0 Å². The Kier molecular flexibility index (Phi) is 5.06. The van der Waals surface area contributed by atoms with Crippen molar-refractivity contribution in [2.75, 3.05) is 25.9 Å². The van der Waals surface area contributed by atoms with E-state index in [0.29, 0.717) is 25.6 Å². The molecule has 1 aromatic carbocycles. The highest BCUT2D eigenvalue weighted by Gasteiger charge is 2.32. The van der Waals surface area contributed by atoms with E-state index >= 15 is 0 Å². The molecule has 1 saturated heterocycles. The first-order valence-corrected chi connectivity index (χ1v) is 10.7. The summed E-state index contributed by atoms with van der Waals surface area (Å²) >= 11 is 0. The van der Waals surface area contributed by atoms with Gasteiger partial charge in [-0.1, -0.05) is 24.3 Å². The van der Waals surface area contributed by atoms with Crippen molar-refractivity contribution in [1.82, 2.24) is 14.5 Å². The third-order valence-electron chi connectivity index (χ3n) is 5.08. The minimum Gasteiger partial charge on any atom is -0.331 e. The number of nitrogens with one attached hydrogen (secondary N) is 1. The van der Waals surface area contributed by atoms with Gasteiger partial charge in [-0.25, -0.2) is 13.2 Å². The highest BCUT2D eigenvalue weighted by atomic mass is 32.2. The Labute approximate surface area is 150 Å². The van der Waals surface area contributed by atoms with E-state index in [-0.39, 0.29) is 18.1 Å². The predicted octanol–water partition coefficient (Wildman–Crippen LogP) is 2.30. The molecule has 0 radical (unpaired) electrons. The van der Waals surface area contributed by atoms with Crippen LogP contribution in [0.1, 0.15) is 49.8 Å². The van der Waals surface area contributed by atoms with Crippen LogP contribution in [0.4, 0.5) is 4.79 Å². The molecule has 0 aromatic heterocycles. The van der Waals surface area contributed by atoms with Gasteiger partial charge in [0.25, 0.3) is 0 Å². The van der Waals surface area contributed by atoms with Gasteiger partial charge in [0.05, 0.1) is 12.3 Å². The SMILES string of the molecule is CC(NC(=O)N1CCN(S(C)(=O)=O)[C@@H](C)C1)c1cccc(C2CC2)c1. The molecule has 2 aliphatic rings. The first-order chi connectivity index (χ1) is 11.8. The fourth-order valence-corrected chi connectivity index (χ4v) is 4.61. The van der Waals surface area contributed by atoms with Crippen LogP contribution in [0.2, 0.25) is 0 Å². The first-order valence-electron chi connectivity index (χ1n) is 8.88. The van der Waals surface area contributed by atoms with Crippen molar-refractivity contribution in [2.45, 2.75) is 44.7 Å². The van der Waals surface area contributed by atoms with E-state index in [1.165, 1.54) is 29.0 Å². The van der Waals surface area contributed by atoms with Crippen LogP contribution in [0.25, 0.3) is 0 Å². The summed E-state index contributed by atoms with van der Waals surface area (Å²) in [6.07, 6.45) is 3.73. The van der Waals surface area contributed by atoms with Gasteiger partial charge in [0.1, 0.15) is 0 Å². The van der Waals surface area contributed by atoms with E-state index in [2.05, 4.69) is 23.5 Å². The van der Waals surface area contributed by atoms with Gasteiger partial charge in [0.2, 0.25) is 10.0 Å². The second-order valence-electron chi connectivity index (χ2n) is 7.28. The molecule has 25 heavy (non-hydrogen) atoms. The lowest BCUT2D eigenvalue weighted by molar-refractivity contribution is 0.146. The number of rotatable bonds is 4. The van der Waals surface area contributed by atoms with Crippen LogP contribution in [0.5, 0.6) is 0 Å². The molecular weight excluding hydrogens is 338 g/mol. The van der Waals surface area contributed by atoms with E-state index in [4.69, 9.17) is 0 Å². The lowest BCUT2D eigenvalue weighted by atomic mass is 10.0. The average molecular weight is 365 g/mol. The maximum atomic E-state index is 12.6. The molecule has 1 unspecified atom stereocenters. The summed E-state index contributed by atoms with van der Waals surface area (Å²) < 4.78 is 24.9. The fraction of sp³-hybridized carbons (Fsp3) is 0.611. The molecule has 1 N–H and O–H groups in total. The van der Waals surface area contributed by atoms with Gasteiger partial charge in [-0.3, -0.25) is 0 Å². The maximum absolute atomic E-state index is 12.6. The van der Waals surface area contributed by atoms with Crippen LogP contribution in [0.3, 0.4) is 0 Å². The van der Waals surface area contributed by atoms with Crippen LogP contribution in [0.15, 0.2) is 24.3 Å².